The molecule has 2 aromatic rings. The Morgan fingerprint density at radius 1 is 1.00 bits per heavy atom. The fourth-order valence-electron chi connectivity index (χ4n) is 5.78. The molecule has 9 nitrogen and oxygen atoms in total. The van der Waals surface area contributed by atoms with Gasteiger partial charge in [-0.25, -0.2) is 9.59 Å². The summed E-state index contributed by atoms with van der Waals surface area (Å²) in [6, 6.07) is 16.1. The fraction of sp³-hybridized carbons (Fsp3) is 0.370. The number of amides is 2. The largest absolute Gasteiger partial charge is 0.467 e. The molecule has 0 radical (unpaired) electrons. The van der Waals surface area contributed by atoms with Crippen LogP contribution in [0.4, 0.5) is 0 Å². The average Bonchev–Trinajstić information content (AvgIpc) is 3.54. The molecule has 192 valence electrons. The Morgan fingerprint density at radius 2 is 1.70 bits per heavy atom. The van der Waals surface area contributed by atoms with Gasteiger partial charge in [0.15, 0.2) is 10.7 Å². The first-order valence-corrected chi connectivity index (χ1v) is 12.9. The minimum Gasteiger partial charge on any atom is -0.467 e. The summed E-state index contributed by atoms with van der Waals surface area (Å²) >= 11 is 1.43. The Labute approximate surface area is 218 Å². The lowest BCUT2D eigenvalue weighted by Crippen LogP contribution is -2.60. The van der Waals surface area contributed by atoms with Crippen LogP contribution in [-0.2, 0) is 36.0 Å². The van der Waals surface area contributed by atoms with E-state index in [1.54, 1.807) is 12.1 Å². The highest BCUT2D eigenvalue weighted by atomic mass is 32.2. The maximum absolute atomic E-state index is 13.7. The molecule has 2 aromatic carbocycles. The summed E-state index contributed by atoms with van der Waals surface area (Å²) in [6.07, 6.45) is 0.207. The third-order valence-electron chi connectivity index (χ3n) is 7.48. The van der Waals surface area contributed by atoms with Gasteiger partial charge in [-0.1, -0.05) is 54.2 Å². The summed E-state index contributed by atoms with van der Waals surface area (Å²) in [7, 11) is 4.12. The number of hydrogen-bond donors (Lipinski definition) is 0. The number of carbonyl (C=O) groups excluding carboxylic acids is 4. The van der Waals surface area contributed by atoms with Crippen LogP contribution in [0.5, 0.6) is 0 Å². The lowest BCUT2D eigenvalue weighted by molar-refractivity contribution is -0.157. The van der Waals surface area contributed by atoms with Crippen molar-refractivity contribution in [3.05, 3.63) is 71.3 Å². The van der Waals surface area contributed by atoms with Crippen molar-refractivity contribution in [3.8, 4) is 0 Å². The number of esters is 2. The maximum Gasteiger partial charge on any atom is 0.337 e. The van der Waals surface area contributed by atoms with Gasteiger partial charge in [-0.15, -0.1) is 0 Å². The van der Waals surface area contributed by atoms with E-state index in [1.165, 1.54) is 33.0 Å². The fourth-order valence-corrected chi connectivity index (χ4v) is 6.87. The molecule has 0 N–H and O–H groups in total. The lowest BCUT2D eigenvalue weighted by atomic mass is 9.76. The quantitative estimate of drug-likeness (QED) is 0.421. The molecule has 4 atom stereocenters. The minimum absolute atomic E-state index is 0.207. The molecular formula is C27H27N3O6S. The number of amidine groups is 1. The lowest BCUT2D eigenvalue weighted by Gasteiger charge is -2.40. The van der Waals surface area contributed by atoms with Crippen molar-refractivity contribution in [2.45, 2.75) is 23.8 Å². The zero-order chi connectivity index (χ0) is 26.3. The van der Waals surface area contributed by atoms with E-state index in [1.807, 2.05) is 47.4 Å². The number of likely N-dealkylation sites (tertiary alicyclic amines) is 1. The maximum atomic E-state index is 13.7. The Bertz CT molecular complexity index is 1280. The highest BCUT2D eigenvalue weighted by molar-refractivity contribution is 8.13. The first-order chi connectivity index (χ1) is 17.8. The molecule has 0 spiro atoms. The number of rotatable bonds is 6. The van der Waals surface area contributed by atoms with E-state index in [-0.39, 0.29) is 18.2 Å². The molecule has 2 fully saturated rings. The third kappa shape index (κ3) is 3.90. The molecule has 0 bridgehead atoms. The summed E-state index contributed by atoms with van der Waals surface area (Å²) < 4.78 is 10.1. The molecule has 3 heterocycles. The molecule has 5 rings (SSSR count). The van der Waals surface area contributed by atoms with Gasteiger partial charge < -0.3 is 14.4 Å². The van der Waals surface area contributed by atoms with Gasteiger partial charge in [0.25, 0.3) is 0 Å². The molecule has 3 aliphatic rings. The highest BCUT2D eigenvalue weighted by Gasteiger charge is 2.73. The minimum atomic E-state index is -1.40. The number of aliphatic imine (C=N–C) groups is 1. The van der Waals surface area contributed by atoms with E-state index in [9.17, 15) is 19.2 Å². The van der Waals surface area contributed by atoms with Gasteiger partial charge in [0.1, 0.15) is 0 Å². The Hall–Kier alpha value is -3.66. The Balaban J connectivity index is 1.51. The Morgan fingerprint density at radius 3 is 2.35 bits per heavy atom. The standard InChI is InChI=1S/C27H27N3O6S/c1-29-22(31)20-19-14-28-26(37-15-17-9-11-18(12-10-17)24(33)35-2)30(19)27(25(34)36-3,21(20)23(29)32)13-16-7-5-4-6-8-16/h4-12,19-21H,13-15H2,1-3H3/t19-,20+,21-,27-/m1/s1. The second-order valence-corrected chi connectivity index (χ2v) is 10.3. The molecule has 0 saturated carbocycles. The van der Waals surface area contributed by atoms with Crippen LogP contribution < -0.4 is 0 Å². The first-order valence-electron chi connectivity index (χ1n) is 11.9. The molecule has 0 aliphatic carbocycles. The van der Waals surface area contributed by atoms with Crippen molar-refractivity contribution in [3.63, 3.8) is 0 Å². The van der Waals surface area contributed by atoms with Crippen LogP contribution in [0.2, 0.25) is 0 Å². The third-order valence-corrected chi connectivity index (χ3v) is 8.54. The van der Waals surface area contributed by atoms with Crippen LogP contribution in [0.15, 0.2) is 59.6 Å². The number of hydrogen-bond acceptors (Lipinski definition) is 9. The zero-order valence-corrected chi connectivity index (χ0v) is 21.6. The summed E-state index contributed by atoms with van der Waals surface area (Å²) in [5.74, 6) is -2.65. The predicted molar refractivity (Wildman–Crippen MR) is 137 cm³/mol. The predicted octanol–water partition coefficient (Wildman–Crippen LogP) is 2.15. The SMILES string of the molecule is COC(=O)c1ccc(CSC2=NC[C@@H]3[C@@H]4C(=O)N(C)C(=O)[C@@H]4[C@](Cc4ccccc4)(C(=O)OC)N23)cc1. The smallest absolute Gasteiger partial charge is 0.337 e. The van der Waals surface area contributed by atoms with Crippen molar-refractivity contribution in [1.29, 1.82) is 0 Å². The van der Waals surface area contributed by atoms with Gasteiger partial charge in [0, 0.05) is 19.2 Å². The van der Waals surface area contributed by atoms with Crippen molar-refractivity contribution >= 4 is 40.7 Å². The first kappa shape index (κ1) is 25.0. The van der Waals surface area contributed by atoms with Crippen LogP contribution in [0.1, 0.15) is 21.5 Å². The molecule has 3 aliphatic heterocycles. The molecule has 2 saturated heterocycles. The molecule has 2 amide bonds. The summed E-state index contributed by atoms with van der Waals surface area (Å²) in [6.45, 7) is 0.311. The van der Waals surface area contributed by atoms with Gasteiger partial charge in [-0.3, -0.25) is 19.5 Å². The monoisotopic (exact) mass is 521 g/mol. The van der Waals surface area contributed by atoms with Gasteiger partial charge in [0.05, 0.1) is 44.2 Å². The van der Waals surface area contributed by atoms with Gasteiger partial charge in [-0.05, 0) is 23.3 Å². The topological polar surface area (TPSA) is 106 Å². The second kappa shape index (κ2) is 9.66. The van der Waals surface area contributed by atoms with E-state index in [0.717, 1.165) is 16.0 Å². The van der Waals surface area contributed by atoms with Crippen molar-refractivity contribution in [2.24, 2.45) is 16.8 Å². The van der Waals surface area contributed by atoms with E-state index in [2.05, 4.69) is 0 Å². The van der Waals surface area contributed by atoms with Crippen molar-refractivity contribution in [1.82, 2.24) is 9.80 Å². The van der Waals surface area contributed by atoms with Crippen LogP contribution >= 0.6 is 11.8 Å². The summed E-state index contributed by atoms with van der Waals surface area (Å²) in [5, 5.41) is 0.598. The van der Waals surface area contributed by atoms with Gasteiger partial charge in [0.2, 0.25) is 11.8 Å². The van der Waals surface area contributed by atoms with E-state index in [0.29, 0.717) is 23.0 Å². The molecule has 0 unspecified atom stereocenters. The number of carbonyl (C=O) groups is 4. The van der Waals surface area contributed by atoms with E-state index < -0.39 is 35.4 Å². The number of imide groups is 1. The number of ether oxygens (including phenoxy) is 2. The number of benzene rings is 2. The Kier molecular flexibility index (Phi) is 6.53. The number of thioether (sulfide) groups is 1. The molecular weight excluding hydrogens is 494 g/mol. The average molecular weight is 522 g/mol. The van der Waals surface area contributed by atoms with Crippen LogP contribution in [0, 0.1) is 11.8 Å². The summed E-state index contributed by atoms with van der Waals surface area (Å²) in [5.41, 5.74) is 0.856. The van der Waals surface area contributed by atoms with Gasteiger partial charge in [-0.2, -0.15) is 0 Å². The van der Waals surface area contributed by atoms with E-state index in [4.69, 9.17) is 14.5 Å². The molecule has 37 heavy (non-hydrogen) atoms. The van der Waals surface area contributed by atoms with Crippen LogP contribution in [0.25, 0.3) is 0 Å². The highest BCUT2D eigenvalue weighted by Crippen LogP contribution is 2.53. The number of methoxy groups -OCH3 is 2. The number of fused-ring (bicyclic) bond motifs is 3. The van der Waals surface area contributed by atoms with Crippen molar-refractivity contribution < 1.29 is 28.7 Å². The van der Waals surface area contributed by atoms with E-state index >= 15 is 0 Å². The zero-order valence-electron chi connectivity index (χ0n) is 20.7. The van der Waals surface area contributed by atoms with Crippen LogP contribution in [0.3, 0.4) is 0 Å². The van der Waals surface area contributed by atoms with Crippen LogP contribution in [-0.4, -0.2) is 78.1 Å². The van der Waals surface area contributed by atoms with Crippen molar-refractivity contribution in [2.75, 3.05) is 27.8 Å². The van der Waals surface area contributed by atoms with Gasteiger partial charge >= 0.3 is 11.9 Å². The second-order valence-electron chi connectivity index (χ2n) is 9.35. The number of nitrogens with zero attached hydrogens (tertiary/aromatic N) is 3. The molecule has 0 aromatic heterocycles. The summed E-state index contributed by atoms with van der Waals surface area (Å²) in [4.78, 5) is 59.8. The molecule has 10 heteroatoms. The normalized spacial score (nSPS) is 26.1.